The molecule has 0 spiro atoms. The Labute approximate surface area is 144 Å². The molecule has 124 valence electrons. The van der Waals surface area contributed by atoms with E-state index in [2.05, 4.69) is 10.1 Å². The van der Waals surface area contributed by atoms with E-state index in [1.807, 2.05) is 0 Å². The molecule has 0 fully saturated rings. The number of para-hydroxylation sites is 1. The number of carbonyl (C=O) groups is 3. The summed E-state index contributed by atoms with van der Waals surface area (Å²) in [6, 6.07) is 13.1. The number of Topliss-reactive ketones (excluding diaryl/α,β-unsaturated/α-hetero) is 1. The molecule has 2 rings (SSSR count). The zero-order valence-electron chi connectivity index (χ0n) is 13.0. The smallest absolute Gasteiger partial charge is 0.339 e. The SMILES string of the molecule is COC(=O)c1ccccc1NC(=O)CCC(=O)c1cccc(Cl)c1. The standard InChI is InChI=1S/C18H16ClNO4/c1-24-18(23)14-7-2-3-8-15(14)20-17(22)10-9-16(21)12-5-4-6-13(19)11-12/h2-8,11H,9-10H2,1H3,(H,20,22). The number of benzene rings is 2. The predicted octanol–water partition coefficient (Wildman–Crippen LogP) is 3.73. The van der Waals surface area contributed by atoms with E-state index >= 15 is 0 Å². The van der Waals surface area contributed by atoms with Crippen LogP contribution in [0.3, 0.4) is 0 Å². The Hall–Kier alpha value is -2.66. The molecule has 0 bridgehead atoms. The fourth-order valence-electron chi connectivity index (χ4n) is 2.13. The highest BCUT2D eigenvalue weighted by Crippen LogP contribution is 2.17. The molecule has 0 unspecified atom stereocenters. The van der Waals surface area contributed by atoms with Gasteiger partial charge in [-0.05, 0) is 24.3 Å². The highest BCUT2D eigenvalue weighted by Gasteiger charge is 2.14. The Morgan fingerprint density at radius 3 is 2.50 bits per heavy atom. The number of halogens is 1. The molecular weight excluding hydrogens is 330 g/mol. The lowest BCUT2D eigenvalue weighted by Crippen LogP contribution is -2.16. The molecule has 0 saturated carbocycles. The van der Waals surface area contributed by atoms with Crippen molar-refractivity contribution in [3.05, 3.63) is 64.7 Å². The Balaban J connectivity index is 1.97. The van der Waals surface area contributed by atoms with Crippen LogP contribution >= 0.6 is 11.6 Å². The minimum atomic E-state index is -0.541. The number of methoxy groups -OCH3 is 1. The minimum absolute atomic E-state index is 0.000847. The highest BCUT2D eigenvalue weighted by molar-refractivity contribution is 6.31. The Morgan fingerprint density at radius 2 is 1.79 bits per heavy atom. The number of esters is 1. The lowest BCUT2D eigenvalue weighted by molar-refractivity contribution is -0.116. The van der Waals surface area contributed by atoms with E-state index in [1.54, 1.807) is 48.5 Å². The molecule has 0 aromatic heterocycles. The summed E-state index contributed by atoms with van der Waals surface area (Å²) in [5.41, 5.74) is 1.07. The maximum absolute atomic E-state index is 12.1. The number of carbonyl (C=O) groups excluding carboxylic acids is 3. The second kappa shape index (κ2) is 8.26. The van der Waals surface area contributed by atoms with E-state index in [0.717, 1.165) is 0 Å². The molecule has 0 saturated heterocycles. The zero-order chi connectivity index (χ0) is 17.5. The lowest BCUT2D eigenvalue weighted by Gasteiger charge is -2.09. The van der Waals surface area contributed by atoms with Crippen LogP contribution in [0.5, 0.6) is 0 Å². The van der Waals surface area contributed by atoms with Gasteiger partial charge in [0.1, 0.15) is 0 Å². The molecule has 0 atom stereocenters. The molecule has 0 aliphatic rings. The van der Waals surface area contributed by atoms with Crippen LogP contribution in [0.4, 0.5) is 5.69 Å². The number of anilines is 1. The average Bonchev–Trinajstić information content (AvgIpc) is 2.59. The third-order valence-corrected chi connectivity index (χ3v) is 3.57. The molecule has 0 radical (unpaired) electrons. The summed E-state index contributed by atoms with van der Waals surface area (Å²) in [7, 11) is 1.27. The van der Waals surface area contributed by atoms with Crippen molar-refractivity contribution in [1.82, 2.24) is 0 Å². The number of nitrogens with one attached hydrogen (secondary N) is 1. The second-order valence-corrected chi connectivity index (χ2v) is 5.46. The van der Waals surface area contributed by atoms with Gasteiger partial charge >= 0.3 is 5.97 Å². The van der Waals surface area contributed by atoms with E-state index in [9.17, 15) is 14.4 Å². The summed E-state index contributed by atoms with van der Waals surface area (Å²) in [4.78, 5) is 35.8. The second-order valence-electron chi connectivity index (χ2n) is 5.02. The lowest BCUT2D eigenvalue weighted by atomic mass is 10.1. The van der Waals surface area contributed by atoms with Gasteiger partial charge in [-0.25, -0.2) is 4.79 Å². The topological polar surface area (TPSA) is 72.5 Å². The fraction of sp³-hybridized carbons (Fsp3) is 0.167. The van der Waals surface area contributed by atoms with Crippen LogP contribution < -0.4 is 5.32 Å². The highest BCUT2D eigenvalue weighted by atomic mass is 35.5. The van der Waals surface area contributed by atoms with Gasteiger partial charge in [-0.15, -0.1) is 0 Å². The van der Waals surface area contributed by atoms with Crippen molar-refractivity contribution >= 4 is 34.9 Å². The third-order valence-electron chi connectivity index (χ3n) is 3.33. The average molecular weight is 346 g/mol. The maximum atomic E-state index is 12.1. The molecule has 6 heteroatoms. The van der Waals surface area contributed by atoms with Crippen molar-refractivity contribution in [2.75, 3.05) is 12.4 Å². The molecule has 2 aromatic carbocycles. The van der Waals surface area contributed by atoms with E-state index in [4.69, 9.17) is 11.6 Å². The Morgan fingerprint density at radius 1 is 1.04 bits per heavy atom. The van der Waals surface area contributed by atoms with Crippen LogP contribution in [0.25, 0.3) is 0 Å². The molecule has 24 heavy (non-hydrogen) atoms. The summed E-state index contributed by atoms with van der Waals surface area (Å²) < 4.78 is 4.67. The van der Waals surface area contributed by atoms with Gasteiger partial charge in [-0.1, -0.05) is 35.9 Å². The van der Waals surface area contributed by atoms with E-state index < -0.39 is 5.97 Å². The van der Waals surface area contributed by atoms with Crippen molar-refractivity contribution < 1.29 is 19.1 Å². The predicted molar refractivity (Wildman–Crippen MR) is 91.4 cm³/mol. The molecule has 2 aromatic rings. The van der Waals surface area contributed by atoms with Crippen LogP contribution in [0.15, 0.2) is 48.5 Å². The number of hydrogen-bond donors (Lipinski definition) is 1. The minimum Gasteiger partial charge on any atom is -0.465 e. The normalized spacial score (nSPS) is 10.1. The zero-order valence-corrected chi connectivity index (χ0v) is 13.8. The molecular formula is C18H16ClNO4. The van der Waals surface area contributed by atoms with Crippen LogP contribution in [0.1, 0.15) is 33.6 Å². The van der Waals surface area contributed by atoms with Gasteiger partial charge in [-0.3, -0.25) is 9.59 Å². The van der Waals surface area contributed by atoms with Crippen molar-refractivity contribution in [3.63, 3.8) is 0 Å². The summed E-state index contributed by atoms with van der Waals surface area (Å²) in [6.07, 6.45) is 0.0490. The van der Waals surface area contributed by atoms with Crippen LogP contribution in [0.2, 0.25) is 5.02 Å². The molecule has 0 aliphatic heterocycles. The van der Waals surface area contributed by atoms with Gasteiger partial charge in [0.05, 0.1) is 18.4 Å². The number of ether oxygens (including phenoxy) is 1. The monoisotopic (exact) mass is 345 g/mol. The van der Waals surface area contributed by atoms with Crippen molar-refractivity contribution in [1.29, 1.82) is 0 Å². The molecule has 1 amide bonds. The van der Waals surface area contributed by atoms with E-state index in [1.165, 1.54) is 7.11 Å². The maximum Gasteiger partial charge on any atom is 0.339 e. The first-order valence-electron chi connectivity index (χ1n) is 7.27. The Bertz CT molecular complexity index is 773. The largest absolute Gasteiger partial charge is 0.465 e. The van der Waals surface area contributed by atoms with Crippen LogP contribution in [-0.4, -0.2) is 24.8 Å². The van der Waals surface area contributed by atoms with E-state index in [-0.39, 0.29) is 30.1 Å². The summed E-state index contributed by atoms with van der Waals surface area (Å²) in [5.74, 6) is -1.07. The first-order chi connectivity index (χ1) is 11.5. The summed E-state index contributed by atoms with van der Waals surface area (Å²) >= 11 is 5.84. The number of rotatable bonds is 6. The first-order valence-corrected chi connectivity index (χ1v) is 7.65. The van der Waals surface area contributed by atoms with Crippen molar-refractivity contribution in [2.24, 2.45) is 0 Å². The molecule has 5 nitrogen and oxygen atoms in total. The summed E-state index contributed by atoms with van der Waals surface area (Å²) in [6.45, 7) is 0. The van der Waals surface area contributed by atoms with Gasteiger partial charge in [0.25, 0.3) is 0 Å². The molecule has 0 heterocycles. The van der Waals surface area contributed by atoms with Gasteiger partial charge < -0.3 is 10.1 Å². The van der Waals surface area contributed by atoms with Crippen molar-refractivity contribution in [3.8, 4) is 0 Å². The fourth-order valence-corrected chi connectivity index (χ4v) is 2.32. The molecule has 1 N–H and O–H groups in total. The quantitative estimate of drug-likeness (QED) is 0.639. The number of hydrogen-bond acceptors (Lipinski definition) is 4. The van der Waals surface area contributed by atoms with Gasteiger partial charge in [0, 0.05) is 23.4 Å². The van der Waals surface area contributed by atoms with Crippen LogP contribution in [-0.2, 0) is 9.53 Å². The summed E-state index contributed by atoms with van der Waals surface area (Å²) in [5, 5.41) is 3.10. The van der Waals surface area contributed by atoms with Gasteiger partial charge in [0.15, 0.2) is 5.78 Å². The Kier molecular flexibility index (Phi) is 6.09. The van der Waals surface area contributed by atoms with Gasteiger partial charge in [0.2, 0.25) is 5.91 Å². The first kappa shape index (κ1) is 17.7. The van der Waals surface area contributed by atoms with Crippen LogP contribution in [0, 0.1) is 0 Å². The molecule has 0 aliphatic carbocycles. The number of amides is 1. The van der Waals surface area contributed by atoms with Gasteiger partial charge in [-0.2, -0.15) is 0 Å². The van der Waals surface area contributed by atoms with E-state index in [0.29, 0.717) is 16.3 Å². The third kappa shape index (κ3) is 4.67. The van der Waals surface area contributed by atoms with Crippen molar-refractivity contribution in [2.45, 2.75) is 12.8 Å². The number of ketones is 1.